The Labute approximate surface area is 282 Å². The Morgan fingerprint density at radius 3 is 1.91 bits per heavy atom. The van der Waals surface area contributed by atoms with Crippen molar-refractivity contribution >= 4 is 11.6 Å². The molecule has 260 valence electrons. The number of aryl methyl sites for hydroxylation is 1. The maximum absolute atomic E-state index is 11.5. The molecule has 2 aromatic carbocycles. The molecule has 7 nitrogen and oxygen atoms in total. The number of halogens is 1. The fraction of sp³-hybridized carbons (Fsp3) is 0.684. The lowest BCUT2D eigenvalue weighted by molar-refractivity contribution is -0.315. The smallest absolute Gasteiger partial charge is 0.149 e. The number of hydrogen-bond acceptors (Lipinski definition) is 7. The molecule has 3 rings (SSSR count). The Morgan fingerprint density at radius 2 is 1.33 bits per heavy atom. The monoisotopic (exact) mass is 662 g/mol. The molecule has 2 aromatic rings. The van der Waals surface area contributed by atoms with Crippen molar-refractivity contribution in [3.05, 3.63) is 63.7 Å². The normalized spacial score (nSPS) is 23.2. The van der Waals surface area contributed by atoms with Gasteiger partial charge in [-0.1, -0.05) is 96.2 Å². The number of aromatic hydroxyl groups is 1. The highest BCUT2D eigenvalue weighted by molar-refractivity contribution is 6.31. The molecule has 2 N–H and O–H groups in total. The molecule has 1 aliphatic rings. The molecule has 0 aromatic heterocycles. The highest BCUT2D eigenvalue weighted by Gasteiger charge is 2.58. The first-order valence-corrected chi connectivity index (χ1v) is 18.1. The van der Waals surface area contributed by atoms with E-state index >= 15 is 0 Å². The van der Waals surface area contributed by atoms with Crippen LogP contribution in [0.1, 0.15) is 108 Å². The molecule has 0 spiro atoms. The standard InChI is InChI=1S/C38H59ClO7/c1-6-11-19-42-26-34-35(43-20-12-7-2)36(44-21-13-8-3)37(45-22-14-9-4)38(27-40,46-34)31-24-30(32(39)25-33(31)41)23-29-17-15-28(10-5)16-18-29/h15-18,24-25,34-37,40-41H,6-14,19-23,26-27H2,1-5H3/t34-,35-,36+,37-,38+/m1/s1. The summed E-state index contributed by atoms with van der Waals surface area (Å²) in [4.78, 5) is 0. The van der Waals surface area contributed by atoms with Gasteiger partial charge in [-0.3, -0.25) is 0 Å². The number of aliphatic hydroxyl groups excluding tert-OH is 1. The maximum atomic E-state index is 11.5. The molecule has 0 bridgehead atoms. The van der Waals surface area contributed by atoms with E-state index in [4.69, 9.17) is 35.3 Å². The molecule has 0 amide bonds. The third-order valence-electron chi connectivity index (χ3n) is 8.83. The van der Waals surface area contributed by atoms with E-state index in [9.17, 15) is 10.2 Å². The molecule has 0 radical (unpaired) electrons. The lowest BCUT2D eigenvalue weighted by Gasteiger charge is -2.52. The maximum Gasteiger partial charge on any atom is 0.149 e. The van der Waals surface area contributed by atoms with E-state index < -0.39 is 36.6 Å². The summed E-state index contributed by atoms with van der Waals surface area (Å²) in [7, 11) is 0. The van der Waals surface area contributed by atoms with Crippen LogP contribution in [0.15, 0.2) is 36.4 Å². The third kappa shape index (κ3) is 10.4. The van der Waals surface area contributed by atoms with Gasteiger partial charge in [0.15, 0.2) is 0 Å². The van der Waals surface area contributed by atoms with Crippen LogP contribution >= 0.6 is 11.6 Å². The summed E-state index contributed by atoms with van der Waals surface area (Å²) in [6, 6.07) is 11.9. The van der Waals surface area contributed by atoms with Gasteiger partial charge in [-0.15, -0.1) is 0 Å². The molecule has 0 saturated carbocycles. The summed E-state index contributed by atoms with van der Waals surface area (Å²) in [6.07, 6.45) is 6.59. The number of benzene rings is 2. The summed E-state index contributed by atoms with van der Waals surface area (Å²) in [5, 5.41) is 23.4. The predicted molar refractivity (Wildman–Crippen MR) is 185 cm³/mol. The van der Waals surface area contributed by atoms with Gasteiger partial charge in [0.1, 0.15) is 35.8 Å². The number of ether oxygens (including phenoxy) is 5. The van der Waals surface area contributed by atoms with Crippen molar-refractivity contribution in [1.82, 2.24) is 0 Å². The lowest BCUT2D eigenvalue weighted by atomic mass is 9.78. The Balaban J connectivity index is 2.14. The Kier molecular flexibility index (Phi) is 17.4. The number of aliphatic hydroxyl groups is 1. The van der Waals surface area contributed by atoms with Gasteiger partial charge in [0.25, 0.3) is 0 Å². The van der Waals surface area contributed by atoms with Crippen molar-refractivity contribution in [2.75, 3.05) is 39.6 Å². The predicted octanol–water partition coefficient (Wildman–Crippen LogP) is 8.16. The highest BCUT2D eigenvalue weighted by atomic mass is 35.5. The van der Waals surface area contributed by atoms with Gasteiger partial charge in [0.2, 0.25) is 0 Å². The third-order valence-corrected chi connectivity index (χ3v) is 9.18. The van der Waals surface area contributed by atoms with E-state index in [1.807, 2.05) is 6.07 Å². The molecule has 5 atom stereocenters. The molecule has 1 heterocycles. The topological polar surface area (TPSA) is 86.6 Å². The van der Waals surface area contributed by atoms with Gasteiger partial charge in [0.05, 0.1) is 13.2 Å². The van der Waals surface area contributed by atoms with Crippen LogP contribution in [-0.4, -0.2) is 74.3 Å². The van der Waals surface area contributed by atoms with Crippen molar-refractivity contribution < 1.29 is 33.9 Å². The second-order valence-corrected chi connectivity index (χ2v) is 12.9. The largest absolute Gasteiger partial charge is 0.508 e. The zero-order valence-electron chi connectivity index (χ0n) is 28.9. The minimum Gasteiger partial charge on any atom is -0.508 e. The molecular formula is C38H59ClO7. The number of hydrogen-bond donors (Lipinski definition) is 2. The first-order chi connectivity index (χ1) is 22.4. The van der Waals surface area contributed by atoms with Crippen LogP contribution in [0.5, 0.6) is 5.75 Å². The molecule has 0 aliphatic carbocycles. The second kappa shape index (κ2) is 20.6. The highest BCUT2D eigenvalue weighted by Crippen LogP contribution is 2.46. The van der Waals surface area contributed by atoms with Crippen LogP contribution < -0.4 is 0 Å². The summed E-state index contributed by atoms with van der Waals surface area (Å²) in [6.45, 7) is 12.6. The number of unbranched alkanes of at least 4 members (excludes halogenated alkanes) is 4. The van der Waals surface area contributed by atoms with Crippen molar-refractivity contribution in [1.29, 1.82) is 0 Å². The first kappa shape index (κ1) is 38.7. The van der Waals surface area contributed by atoms with E-state index in [1.54, 1.807) is 6.07 Å². The zero-order chi connectivity index (χ0) is 33.4. The molecule has 8 heteroatoms. The second-order valence-electron chi connectivity index (χ2n) is 12.5. The summed E-state index contributed by atoms with van der Waals surface area (Å²) in [5.74, 6) is -0.0588. The van der Waals surface area contributed by atoms with E-state index in [1.165, 1.54) is 5.56 Å². The van der Waals surface area contributed by atoms with E-state index in [-0.39, 0.29) is 12.4 Å². The fourth-order valence-corrected chi connectivity index (χ4v) is 6.17. The van der Waals surface area contributed by atoms with Gasteiger partial charge in [-0.25, -0.2) is 0 Å². The van der Waals surface area contributed by atoms with Gasteiger partial charge < -0.3 is 33.9 Å². The van der Waals surface area contributed by atoms with Crippen LogP contribution in [0.25, 0.3) is 0 Å². The number of phenols is 1. The molecule has 1 saturated heterocycles. The van der Waals surface area contributed by atoms with Crippen LogP contribution in [0.3, 0.4) is 0 Å². The SMILES string of the molecule is CCCCOC[C@H]1O[C@@](CO)(c2cc(Cc3ccc(CC)cc3)c(Cl)cc2O)[C@H](OCCCC)[C@@H](OCCCC)[C@@H]1OCCCC. The lowest BCUT2D eigenvalue weighted by Crippen LogP contribution is -2.67. The van der Waals surface area contributed by atoms with Crippen molar-refractivity contribution in [2.45, 2.75) is 129 Å². The average molecular weight is 663 g/mol. The fourth-order valence-electron chi connectivity index (χ4n) is 5.95. The Morgan fingerprint density at radius 1 is 0.761 bits per heavy atom. The minimum absolute atomic E-state index is 0.0588. The molecular weight excluding hydrogens is 604 g/mol. The Bertz CT molecular complexity index is 1130. The van der Waals surface area contributed by atoms with Crippen LogP contribution in [0.2, 0.25) is 5.02 Å². The zero-order valence-corrected chi connectivity index (χ0v) is 29.7. The van der Waals surface area contributed by atoms with E-state index in [0.29, 0.717) is 43.4 Å². The summed E-state index contributed by atoms with van der Waals surface area (Å²) >= 11 is 6.75. The van der Waals surface area contributed by atoms with Gasteiger partial charge in [0, 0.05) is 37.0 Å². The van der Waals surface area contributed by atoms with Crippen LogP contribution in [0, 0.1) is 0 Å². The quantitative estimate of drug-likeness (QED) is 0.123. The summed E-state index contributed by atoms with van der Waals surface area (Å²) in [5.41, 5.74) is 2.16. The van der Waals surface area contributed by atoms with Crippen LogP contribution in [0.4, 0.5) is 0 Å². The Hall–Kier alpha value is -1.71. The van der Waals surface area contributed by atoms with Crippen molar-refractivity contribution in [2.24, 2.45) is 0 Å². The van der Waals surface area contributed by atoms with Gasteiger partial charge >= 0.3 is 0 Å². The van der Waals surface area contributed by atoms with E-state index in [0.717, 1.165) is 68.9 Å². The van der Waals surface area contributed by atoms with Crippen LogP contribution in [-0.2, 0) is 42.1 Å². The molecule has 0 unspecified atom stereocenters. The van der Waals surface area contributed by atoms with Crippen molar-refractivity contribution in [3.63, 3.8) is 0 Å². The molecule has 1 aliphatic heterocycles. The number of rotatable bonds is 22. The number of phenolic OH excluding ortho intramolecular Hbond substituents is 1. The van der Waals surface area contributed by atoms with Gasteiger partial charge in [-0.2, -0.15) is 0 Å². The van der Waals surface area contributed by atoms with Crippen molar-refractivity contribution in [3.8, 4) is 5.75 Å². The molecule has 46 heavy (non-hydrogen) atoms. The minimum atomic E-state index is -1.45. The summed E-state index contributed by atoms with van der Waals surface area (Å²) < 4.78 is 32.9. The molecule has 1 fully saturated rings. The first-order valence-electron chi connectivity index (χ1n) is 17.7. The van der Waals surface area contributed by atoms with E-state index in [2.05, 4.69) is 58.9 Å². The van der Waals surface area contributed by atoms with Gasteiger partial charge in [-0.05, 0) is 67.3 Å². The average Bonchev–Trinajstić information content (AvgIpc) is 3.06.